The van der Waals surface area contributed by atoms with Crippen molar-refractivity contribution in [2.75, 3.05) is 49.5 Å². The molecule has 172 valence electrons. The van der Waals surface area contributed by atoms with Gasteiger partial charge in [-0.3, -0.25) is 14.2 Å². The lowest BCUT2D eigenvalue weighted by Gasteiger charge is -2.35. The largest absolute Gasteiger partial charge is 0.368 e. The molecule has 9 heteroatoms. The number of carbonyl (C=O) groups excluding carboxylic acids is 1. The predicted molar refractivity (Wildman–Crippen MR) is 129 cm³/mol. The summed E-state index contributed by atoms with van der Waals surface area (Å²) in [5.41, 5.74) is 2.63. The SMILES string of the molecule is CC(=O)N1CCN(c2ccc(Nc3ncc4ccc(=O)n(CCC5CNC5)c4n3)cc2)CC1. The Labute approximate surface area is 192 Å². The van der Waals surface area contributed by atoms with E-state index in [1.54, 1.807) is 29.8 Å². The molecule has 5 rings (SSSR count). The smallest absolute Gasteiger partial charge is 0.252 e. The highest BCUT2D eigenvalue weighted by atomic mass is 16.2. The van der Waals surface area contributed by atoms with Gasteiger partial charge in [0.25, 0.3) is 5.56 Å². The third kappa shape index (κ3) is 4.68. The van der Waals surface area contributed by atoms with Gasteiger partial charge in [0.05, 0.1) is 0 Å². The molecule has 2 fully saturated rings. The molecule has 1 aromatic carbocycles. The van der Waals surface area contributed by atoms with Crippen LogP contribution in [0.2, 0.25) is 0 Å². The number of fused-ring (bicyclic) bond motifs is 1. The Morgan fingerprint density at radius 3 is 2.52 bits per heavy atom. The number of hydrogen-bond acceptors (Lipinski definition) is 7. The van der Waals surface area contributed by atoms with Gasteiger partial charge >= 0.3 is 0 Å². The summed E-state index contributed by atoms with van der Waals surface area (Å²) in [5.74, 6) is 1.22. The topological polar surface area (TPSA) is 95.4 Å². The van der Waals surface area contributed by atoms with Crippen molar-refractivity contribution in [2.45, 2.75) is 19.9 Å². The maximum atomic E-state index is 12.5. The number of nitrogens with zero attached hydrogens (tertiary/aromatic N) is 5. The van der Waals surface area contributed by atoms with Crippen LogP contribution in [0.25, 0.3) is 11.0 Å². The van der Waals surface area contributed by atoms with Gasteiger partial charge in [0.15, 0.2) is 0 Å². The van der Waals surface area contributed by atoms with E-state index in [-0.39, 0.29) is 11.5 Å². The number of nitrogens with one attached hydrogen (secondary N) is 2. The van der Waals surface area contributed by atoms with Crippen LogP contribution in [0.3, 0.4) is 0 Å². The van der Waals surface area contributed by atoms with Crippen LogP contribution in [0.5, 0.6) is 0 Å². The first-order chi connectivity index (χ1) is 16.1. The fourth-order valence-corrected chi connectivity index (χ4v) is 4.38. The fraction of sp³-hybridized carbons (Fsp3) is 0.417. The summed E-state index contributed by atoms with van der Waals surface area (Å²) in [4.78, 5) is 37.3. The van der Waals surface area contributed by atoms with Crippen LogP contribution in [0.4, 0.5) is 17.3 Å². The molecule has 0 bridgehead atoms. The van der Waals surface area contributed by atoms with Crippen molar-refractivity contribution in [3.8, 4) is 0 Å². The Morgan fingerprint density at radius 2 is 1.85 bits per heavy atom. The van der Waals surface area contributed by atoms with E-state index in [1.165, 1.54) is 0 Å². The zero-order valence-electron chi connectivity index (χ0n) is 18.8. The number of aryl methyl sites for hydroxylation is 1. The lowest BCUT2D eigenvalue weighted by Crippen LogP contribution is -2.48. The van der Waals surface area contributed by atoms with Crippen molar-refractivity contribution >= 4 is 34.3 Å². The molecule has 0 aliphatic carbocycles. The van der Waals surface area contributed by atoms with Crippen molar-refractivity contribution < 1.29 is 4.79 Å². The van der Waals surface area contributed by atoms with Crippen LogP contribution in [-0.2, 0) is 11.3 Å². The normalized spacial score (nSPS) is 16.6. The second-order valence-corrected chi connectivity index (χ2v) is 8.77. The maximum Gasteiger partial charge on any atom is 0.252 e. The van der Waals surface area contributed by atoms with Gasteiger partial charge in [0.2, 0.25) is 11.9 Å². The highest BCUT2D eigenvalue weighted by Crippen LogP contribution is 2.22. The number of aromatic nitrogens is 3. The van der Waals surface area contributed by atoms with E-state index in [9.17, 15) is 9.59 Å². The number of rotatable bonds is 6. The van der Waals surface area contributed by atoms with Crippen molar-refractivity contribution in [3.05, 3.63) is 52.9 Å². The van der Waals surface area contributed by atoms with E-state index in [0.717, 1.165) is 62.5 Å². The van der Waals surface area contributed by atoms with Gasteiger partial charge in [-0.2, -0.15) is 4.98 Å². The Kier molecular flexibility index (Phi) is 5.95. The lowest BCUT2D eigenvalue weighted by atomic mass is 9.99. The van der Waals surface area contributed by atoms with E-state index in [2.05, 4.69) is 37.6 Å². The molecule has 4 heterocycles. The number of amides is 1. The molecule has 2 aliphatic rings. The number of pyridine rings is 1. The first kappa shape index (κ1) is 21.4. The van der Waals surface area contributed by atoms with E-state index in [0.29, 0.717) is 24.1 Å². The third-order valence-corrected chi connectivity index (χ3v) is 6.56. The Morgan fingerprint density at radius 1 is 1.09 bits per heavy atom. The van der Waals surface area contributed by atoms with Gasteiger partial charge in [-0.25, -0.2) is 4.98 Å². The number of hydrogen-bond donors (Lipinski definition) is 2. The summed E-state index contributed by atoms with van der Waals surface area (Å²) in [6, 6.07) is 11.5. The molecule has 2 saturated heterocycles. The average Bonchev–Trinajstić information content (AvgIpc) is 2.80. The van der Waals surface area contributed by atoms with E-state index >= 15 is 0 Å². The summed E-state index contributed by atoms with van der Waals surface area (Å²) in [5, 5.41) is 7.39. The summed E-state index contributed by atoms with van der Waals surface area (Å²) in [6.07, 6.45) is 2.72. The monoisotopic (exact) mass is 447 g/mol. The van der Waals surface area contributed by atoms with Crippen LogP contribution in [0.15, 0.2) is 47.4 Å². The molecule has 0 atom stereocenters. The number of piperazine rings is 1. The van der Waals surface area contributed by atoms with E-state index in [4.69, 9.17) is 0 Å². The predicted octanol–water partition coefficient (Wildman–Crippen LogP) is 1.81. The standard InChI is InChI=1S/C24H29N7O2/c1-17(32)29-10-12-30(13-11-29)21-5-3-20(4-6-21)27-24-26-16-19-2-7-22(33)31(23(19)28-24)9-8-18-14-25-15-18/h2-7,16,18,25H,8-15H2,1H3,(H,26,27,28). The van der Waals surface area contributed by atoms with Crippen molar-refractivity contribution in [1.82, 2.24) is 24.8 Å². The van der Waals surface area contributed by atoms with Crippen molar-refractivity contribution in [3.63, 3.8) is 0 Å². The Bertz CT molecular complexity index is 1200. The van der Waals surface area contributed by atoms with Crippen molar-refractivity contribution in [1.29, 1.82) is 0 Å². The number of benzene rings is 1. The van der Waals surface area contributed by atoms with E-state index in [1.807, 2.05) is 17.0 Å². The van der Waals surface area contributed by atoms with Gasteiger partial charge in [-0.1, -0.05) is 0 Å². The molecule has 2 N–H and O–H groups in total. The molecule has 1 amide bonds. The summed E-state index contributed by atoms with van der Waals surface area (Å²) < 4.78 is 1.75. The molecule has 2 aromatic heterocycles. The molecule has 0 radical (unpaired) electrons. The van der Waals surface area contributed by atoms with Crippen LogP contribution in [0.1, 0.15) is 13.3 Å². The molecule has 33 heavy (non-hydrogen) atoms. The van der Waals surface area contributed by atoms with Crippen LogP contribution in [-0.4, -0.2) is 64.6 Å². The zero-order chi connectivity index (χ0) is 22.8. The highest BCUT2D eigenvalue weighted by molar-refractivity contribution is 5.76. The fourth-order valence-electron chi connectivity index (χ4n) is 4.38. The molecule has 0 saturated carbocycles. The molecule has 2 aliphatic heterocycles. The molecular weight excluding hydrogens is 418 g/mol. The van der Waals surface area contributed by atoms with E-state index < -0.39 is 0 Å². The van der Waals surface area contributed by atoms with Gasteiger partial charge in [0, 0.05) is 68.7 Å². The van der Waals surface area contributed by atoms with Gasteiger partial charge in [-0.05, 0) is 55.8 Å². The molecule has 3 aromatic rings. The minimum atomic E-state index is -0.0337. The van der Waals surface area contributed by atoms with Crippen molar-refractivity contribution in [2.24, 2.45) is 5.92 Å². The number of carbonyl (C=O) groups is 1. The first-order valence-electron chi connectivity index (χ1n) is 11.5. The summed E-state index contributed by atoms with van der Waals surface area (Å²) >= 11 is 0. The molecule has 0 spiro atoms. The van der Waals surface area contributed by atoms with Gasteiger partial charge in [-0.15, -0.1) is 0 Å². The second kappa shape index (κ2) is 9.19. The molecule has 0 unspecified atom stereocenters. The molecular formula is C24H29N7O2. The Hall–Kier alpha value is -3.46. The van der Waals surface area contributed by atoms with Crippen LogP contribution < -0.4 is 21.1 Å². The van der Waals surface area contributed by atoms with Gasteiger partial charge < -0.3 is 20.4 Å². The van der Waals surface area contributed by atoms with Crippen LogP contribution >= 0.6 is 0 Å². The number of anilines is 3. The minimum Gasteiger partial charge on any atom is -0.368 e. The van der Waals surface area contributed by atoms with Gasteiger partial charge in [0.1, 0.15) is 5.65 Å². The quantitative estimate of drug-likeness (QED) is 0.595. The molecule has 9 nitrogen and oxygen atoms in total. The summed E-state index contributed by atoms with van der Waals surface area (Å²) in [7, 11) is 0. The third-order valence-electron chi connectivity index (χ3n) is 6.56. The maximum absolute atomic E-state index is 12.5. The lowest BCUT2D eigenvalue weighted by molar-refractivity contribution is -0.129. The minimum absolute atomic E-state index is 0.0337. The average molecular weight is 448 g/mol. The first-order valence-corrected chi connectivity index (χ1v) is 11.5. The van der Waals surface area contributed by atoms with Crippen LogP contribution in [0, 0.1) is 5.92 Å². The zero-order valence-corrected chi connectivity index (χ0v) is 18.8. The highest BCUT2D eigenvalue weighted by Gasteiger charge is 2.19. The summed E-state index contributed by atoms with van der Waals surface area (Å²) in [6.45, 7) is 7.47. The second-order valence-electron chi connectivity index (χ2n) is 8.77. The Balaban J connectivity index is 1.29.